The van der Waals surface area contributed by atoms with Crippen molar-refractivity contribution in [3.63, 3.8) is 0 Å². The average Bonchev–Trinajstić information content (AvgIpc) is 2.30. The number of carbonyl (C=O) groups excluding carboxylic acids is 1. The van der Waals surface area contributed by atoms with Crippen LogP contribution in [0.4, 0.5) is 0 Å². The van der Waals surface area contributed by atoms with Crippen molar-refractivity contribution >= 4 is 11.9 Å². The lowest BCUT2D eigenvalue weighted by Crippen LogP contribution is -2.10. The summed E-state index contributed by atoms with van der Waals surface area (Å²) in [5.41, 5.74) is 0. The minimum atomic E-state index is -0.981. The lowest BCUT2D eigenvalue weighted by molar-refractivity contribution is -0.142. The van der Waals surface area contributed by atoms with Gasteiger partial charge in [0.05, 0.1) is 13.2 Å². The smallest absolute Gasteiger partial charge is 0.373 e. The molecular weight excluding hydrogens is 224 g/mol. The average molecular weight is 244 g/mol. The minimum absolute atomic E-state index is 0.321. The first-order chi connectivity index (χ1) is 8.03. The molecular formula is C12H20O5. The number of carbonyl (C=O) groups is 2. The molecule has 0 heterocycles. The van der Waals surface area contributed by atoms with E-state index in [1.54, 1.807) is 13.0 Å². The molecule has 0 spiro atoms. The van der Waals surface area contributed by atoms with E-state index in [1.807, 2.05) is 13.8 Å². The van der Waals surface area contributed by atoms with Gasteiger partial charge in [-0.05, 0) is 26.3 Å². The monoisotopic (exact) mass is 244 g/mol. The fraction of sp³-hybridized carbons (Fsp3) is 0.500. The van der Waals surface area contributed by atoms with Gasteiger partial charge in [0, 0.05) is 6.08 Å². The summed E-state index contributed by atoms with van der Waals surface area (Å²) in [6.07, 6.45) is 3.33. The molecule has 0 aromatic rings. The third kappa shape index (κ3) is 12.2. The summed E-state index contributed by atoms with van der Waals surface area (Å²) in [4.78, 5) is 20.4. The van der Waals surface area contributed by atoms with E-state index in [9.17, 15) is 9.59 Å². The molecule has 1 N–H and O–H groups in total. The van der Waals surface area contributed by atoms with Gasteiger partial charge < -0.3 is 14.6 Å². The van der Waals surface area contributed by atoms with Crippen LogP contribution in [0.2, 0.25) is 0 Å². The van der Waals surface area contributed by atoms with Crippen molar-refractivity contribution < 1.29 is 24.2 Å². The Morgan fingerprint density at radius 1 is 1.18 bits per heavy atom. The van der Waals surface area contributed by atoms with Gasteiger partial charge in [0.1, 0.15) is 0 Å². The Labute approximate surface area is 102 Å². The van der Waals surface area contributed by atoms with Crippen LogP contribution in [-0.4, -0.2) is 30.3 Å². The van der Waals surface area contributed by atoms with Crippen LogP contribution in [0.1, 0.15) is 27.2 Å². The number of ether oxygens (including phenoxy) is 2. The predicted molar refractivity (Wildman–Crippen MR) is 64.5 cm³/mol. The van der Waals surface area contributed by atoms with E-state index in [1.165, 1.54) is 0 Å². The molecule has 0 bridgehead atoms. The third-order valence-corrected chi connectivity index (χ3v) is 1.34. The van der Waals surface area contributed by atoms with Gasteiger partial charge in [-0.1, -0.05) is 13.5 Å². The zero-order valence-corrected chi connectivity index (χ0v) is 10.6. The normalized spacial score (nSPS) is 9.71. The van der Waals surface area contributed by atoms with E-state index in [0.29, 0.717) is 19.0 Å². The second-order valence-corrected chi connectivity index (χ2v) is 2.67. The fourth-order valence-electron chi connectivity index (χ4n) is 0.744. The molecule has 0 radical (unpaired) electrons. The van der Waals surface area contributed by atoms with Gasteiger partial charge in [-0.25, -0.2) is 9.59 Å². The maximum absolute atomic E-state index is 11.1. The molecule has 5 nitrogen and oxygen atoms in total. The zero-order chi connectivity index (χ0) is 13.7. The second-order valence-electron chi connectivity index (χ2n) is 2.67. The summed E-state index contributed by atoms with van der Waals surface area (Å²) in [6.45, 7) is 9.38. The lowest BCUT2D eigenvalue weighted by atomic mass is 10.4. The largest absolute Gasteiger partial charge is 0.487 e. The number of aliphatic carboxylic acids is 1. The molecule has 17 heavy (non-hydrogen) atoms. The molecule has 5 heteroatoms. The lowest BCUT2D eigenvalue weighted by Gasteiger charge is -2.06. The summed E-state index contributed by atoms with van der Waals surface area (Å²) >= 11 is 0. The highest BCUT2D eigenvalue weighted by Gasteiger charge is 2.09. The molecule has 0 rings (SSSR count). The van der Waals surface area contributed by atoms with Crippen LogP contribution in [0.15, 0.2) is 24.5 Å². The molecule has 0 amide bonds. The topological polar surface area (TPSA) is 72.8 Å². The molecule has 0 saturated heterocycles. The van der Waals surface area contributed by atoms with Crippen LogP contribution in [0.3, 0.4) is 0 Å². The van der Waals surface area contributed by atoms with Crippen molar-refractivity contribution in [3.8, 4) is 0 Å². The highest BCUT2D eigenvalue weighted by Crippen LogP contribution is 2.02. The van der Waals surface area contributed by atoms with Gasteiger partial charge in [-0.3, -0.25) is 0 Å². The molecule has 0 aromatic carbocycles. The van der Waals surface area contributed by atoms with Crippen LogP contribution < -0.4 is 0 Å². The van der Waals surface area contributed by atoms with Crippen LogP contribution in [0, 0.1) is 0 Å². The number of esters is 1. The first-order valence-corrected chi connectivity index (χ1v) is 5.38. The number of hydrogen-bond donors (Lipinski definition) is 1. The van der Waals surface area contributed by atoms with Crippen molar-refractivity contribution in [2.24, 2.45) is 0 Å². The van der Waals surface area contributed by atoms with Crippen LogP contribution in [0.5, 0.6) is 0 Å². The number of allylic oxidation sites excluding steroid dienone is 1. The molecule has 0 aliphatic rings. The number of carboxylic acids is 1. The Morgan fingerprint density at radius 3 is 1.94 bits per heavy atom. The maximum atomic E-state index is 11.1. The quantitative estimate of drug-likeness (QED) is 0.440. The number of hydrogen-bond acceptors (Lipinski definition) is 4. The van der Waals surface area contributed by atoms with E-state index >= 15 is 0 Å². The SMILES string of the molecule is C=CC(=O)O.CCC=C(OCC)C(=O)OCC. The summed E-state index contributed by atoms with van der Waals surface area (Å²) < 4.78 is 9.86. The molecule has 0 aromatic heterocycles. The zero-order valence-electron chi connectivity index (χ0n) is 10.6. The summed E-state index contributed by atoms with van der Waals surface area (Å²) in [7, 11) is 0. The van der Waals surface area contributed by atoms with Crippen LogP contribution in [-0.2, 0) is 19.1 Å². The van der Waals surface area contributed by atoms with E-state index in [0.717, 1.165) is 12.5 Å². The van der Waals surface area contributed by atoms with E-state index in [4.69, 9.17) is 14.6 Å². The van der Waals surface area contributed by atoms with E-state index in [-0.39, 0.29) is 5.97 Å². The van der Waals surface area contributed by atoms with Crippen molar-refractivity contribution in [1.29, 1.82) is 0 Å². The molecule has 98 valence electrons. The number of rotatable bonds is 6. The Balaban J connectivity index is 0. The summed E-state index contributed by atoms with van der Waals surface area (Å²) in [5.74, 6) is -1.03. The predicted octanol–water partition coefficient (Wildman–Crippen LogP) is 2.14. The molecule has 0 unspecified atom stereocenters. The van der Waals surface area contributed by atoms with E-state index < -0.39 is 5.97 Å². The van der Waals surface area contributed by atoms with Gasteiger partial charge in [-0.2, -0.15) is 0 Å². The highest BCUT2D eigenvalue weighted by molar-refractivity contribution is 5.86. The highest BCUT2D eigenvalue weighted by atomic mass is 16.6. The Morgan fingerprint density at radius 2 is 1.65 bits per heavy atom. The van der Waals surface area contributed by atoms with Gasteiger partial charge in [0.15, 0.2) is 0 Å². The van der Waals surface area contributed by atoms with Gasteiger partial charge in [0.2, 0.25) is 5.76 Å². The Hall–Kier alpha value is -1.78. The molecule has 0 aliphatic heterocycles. The van der Waals surface area contributed by atoms with Crippen molar-refractivity contribution in [2.75, 3.05) is 13.2 Å². The van der Waals surface area contributed by atoms with Crippen LogP contribution >= 0.6 is 0 Å². The first kappa shape index (κ1) is 17.6. The first-order valence-electron chi connectivity index (χ1n) is 5.38. The van der Waals surface area contributed by atoms with E-state index in [2.05, 4.69) is 6.58 Å². The molecule has 0 saturated carbocycles. The minimum Gasteiger partial charge on any atom is -0.487 e. The fourth-order valence-corrected chi connectivity index (χ4v) is 0.744. The third-order valence-electron chi connectivity index (χ3n) is 1.34. The van der Waals surface area contributed by atoms with Crippen molar-refractivity contribution in [1.82, 2.24) is 0 Å². The van der Waals surface area contributed by atoms with Gasteiger partial charge in [-0.15, -0.1) is 0 Å². The van der Waals surface area contributed by atoms with Crippen molar-refractivity contribution in [3.05, 3.63) is 24.5 Å². The molecule has 0 fully saturated rings. The van der Waals surface area contributed by atoms with Gasteiger partial charge >= 0.3 is 11.9 Å². The van der Waals surface area contributed by atoms with Gasteiger partial charge in [0.25, 0.3) is 0 Å². The Bertz CT molecular complexity index is 268. The second kappa shape index (κ2) is 12.3. The Kier molecular flexibility index (Phi) is 12.7. The maximum Gasteiger partial charge on any atom is 0.373 e. The molecule has 0 atom stereocenters. The number of carboxylic acid groups (broad SMARTS) is 1. The van der Waals surface area contributed by atoms with Crippen LogP contribution in [0.25, 0.3) is 0 Å². The summed E-state index contributed by atoms with van der Waals surface area (Å²) in [6, 6.07) is 0. The van der Waals surface area contributed by atoms with Crippen molar-refractivity contribution in [2.45, 2.75) is 27.2 Å². The molecule has 0 aliphatic carbocycles. The summed E-state index contributed by atoms with van der Waals surface area (Å²) in [5, 5.41) is 7.60. The standard InChI is InChI=1S/C9H16O3.C3H4O2/c1-4-7-8(11-5-2)9(10)12-6-3;1-2-3(4)5/h7H,4-6H2,1-3H3;2H,1H2,(H,4,5).